The Kier molecular flexibility index (Phi) is 3.97. The minimum absolute atomic E-state index is 0.139. The molecule has 104 valence electrons. The fraction of sp³-hybridized carbons (Fsp3) is 0.462. The molecule has 1 amide bonds. The Hall–Kier alpha value is -1.72. The molecule has 3 nitrogen and oxygen atoms in total. The van der Waals surface area contributed by atoms with Crippen molar-refractivity contribution in [3.8, 4) is 5.75 Å². The Bertz CT molecular complexity index is 440. The second-order valence-electron chi connectivity index (χ2n) is 4.45. The van der Waals surface area contributed by atoms with E-state index < -0.39 is 11.7 Å². The van der Waals surface area contributed by atoms with Crippen molar-refractivity contribution in [1.82, 2.24) is 4.90 Å². The molecule has 0 aliphatic carbocycles. The predicted molar refractivity (Wildman–Crippen MR) is 62.7 cm³/mol. The van der Waals surface area contributed by atoms with E-state index in [2.05, 4.69) is 0 Å². The Morgan fingerprint density at radius 2 is 1.84 bits per heavy atom. The molecule has 1 saturated heterocycles. The second kappa shape index (κ2) is 5.50. The summed E-state index contributed by atoms with van der Waals surface area (Å²) < 4.78 is 43.8. The van der Waals surface area contributed by atoms with Gasteiger partial charge in [0.2, 0.25) is 6.41 Å². The van der Waals surface area contributed by atoms with Gasteiger partial charge < -0.3 is 9.64 Å². The van der Waals surface area contributed by atoms with Crippen molar-refractivity contribution in [3.63, 3.8) is 0 Å². The van der Waals surface area contributed by atoms with Crippen LogP contribution in [0.15, 0.2) is 24.3 Å². The average Bonchev–Trinajstić information content (AvgIpc) is 2.39. The maximum Gasteiger partial charge on any atom is 0.419 e. The van der Waals surface area contributed by atoms with Crippen molar-refractivity contribution in [3.05, 3.63) is 29.8 Å². The van der Waals surface area contributed by atoms with Crippen molar-refractivity contribution in [2.24, 2.45) is 0 Å². The van der Waals surface area contributed by atoms with E-state index in [1.807, 2.05) is 0 Å². The van der Waals surface area contributed by atoms with Crippen LogP contribution in [0, 0.1) is 0 Å². The number of carbonyl (C=O) groups excluding carboxylic acids is 1. The number of para-hydroxylation sites is 1. The first kappa shape index (κ1) is 13.7. The summed E-state index contributed by atoms with van der Waals surface area (Å²) in [6, 6.07) is 5.20. The standard InChI is InChI=1S/C13H14F3NO2/c14-13(15,16)11-3-1-2-4-12(11)19-10-5-7-17(9-18)8-6-10/h1-4,9-10H,5-8H2. The van der Waals surface area contributed by atoms with Crippen LogP contribution >= 0.6 is 0 Å². The van der Waals surface area contributed by atoms with E-state index in [0.29, 0.717) is 25.9 Å². The molecular weight excluding hydrogens is 259 g/mol. The molecule has 1 fully saturated rings. The molecule has 0 N–H and O–H groups in total. The number of likely N-dealkylation sites (tertiary alicyclic amines) is 1. The molecule has 0 bridgehead atoms. The fourth-order valence-corrected chi connectivity index (χ4v) is 2.08. The molecule has 1 aliphatic heterocycles. The quantitative estimate of drug-likeness (QED) is 0.792. The summed E-state index contributed by atoms with van der Waals surface area (Å²) in [5, 5.41) is 0. The van der Waals surface area contributed by atoms with Crippen LogP contribution in [0.25, 0.3) is 0 Å². The Morgan fingerprint density at radius 3 is 2.42 bits per heavy atom. The zero-order chi connectivity index (χ0) is 13.9. The first-order chi connectivity index (χ1) is 9.00. The summed E-state index contributed by atoms with van der Waals surface area (Å²) in [7, 11) is 0. The van der Waals surface area contributed by atoms with Crippen LogP contribution in [-0.4, -0.2) is 30.5 Å². The minimum atomic E-state index is -4.42. The van der Waals surface area contributed by atoms with Gasteiger partial charge in [-0.25, -0.2) is 0 Å². The number of piperidine rings is 1. The smallest absolute Gasteiger partial charge is 0.419 e. The molecule has 6 heteroatoms. The number of amides is 1. The first-order valence-electron chi connectivity index (χ1n) is 6.03. The summed E-state index contributed by atoms with van der Waals surface area (Å²) in [6.45, 7) is 1.03. The molecule has 1 aromatic carbocycles. The highest BCUT2D eigenvalue weighted by atomic mass is 19.4. The van der Waals surface area contributed by atoms with E-state index in [0.717, 1.165) is 12.5 Å². The highest BCUT2D eigenvalue weighted by Crippen LogP contribution is 2.36. The van der Waals surface area contributed by atoms with Gasteiger partial charge in [0.15, 0.2) is 0 Å². The average molecular weight is 273 g/mol. The SMILES string of the molecule is O=CN1CCC(Oc2ccccc2C(F)(F)F)CC1. The van der Waals surface area contributed by atoms with Crippen LogP contribution in [-0.2, 0) is 11.0 Å². The van der Waals surface area contributed by atoms with Gasteiger partial charge in [0.05, 0.1) is 5.56 Å². The number of hydrogen-bond acceptors (Lipinski definition) is 2. The lowest BCUT2D eigenvalue weighted by Gasteiger charge is -2.30. The Morgan fingerprint density at radius 1 is 1.21 bits per heavy atom. The summed E-state index contributed by atoms with van der Waals surface area (Å²) in [5.74, 6) is -0.139. The van der Waals surface area contributed by atoms with E-state index in [1.165, 1.54) is 18.2 Å². The molecule has 1 aliphatic rings. The minimum Gasteiger partial charge on any atom is -0.490 e. The molecule has 0 radical (unpaired) electrons. The molecule has 0 atom stereocenters. The number of hydrogen-bond donors (Lipinski definition) is 0. The van der Waals surface area contributed by atoms with Crippen molar-refractivity contribution in [1.29, 1.82) is 0 Å². The van der Waals surface area contributed by atoms with E-state index in [4.69, 9.17) is 4.74 Å². The highest BCUT2D eigenvalue weighted by molar-refractivity contribution is 5.47. The van der Waals surface area contributed by atoms with Gasteiger partial charge in [0, 0.05) is 25.9 Å². The molecule has 1 aromatic rings. The summed E-state index contributed by atoms with van der Waals surface area (Å²) in [5.41, 5.74) is -0.757. The molecule has 0 aromatic heterocycles. The highest BCUT2D eigenvalue weighted by Gasteiger charge is 2.34. The first-order valence-corrected chi connectivity index (χ1v) is 6.03. The zero-order valence-corrected chi connectivity index (χ0v) is 10.2. The summed E-state index contributed by atoms with van der Waals surface area (Å²) >= 11 is 0. The number of rotatable bonds is 3. The predicted octanol–water partition coefficient (Wildman–Crippen LogP) is 2.71. The van der Waals surface area contributed by atoms with Crippen molar-refractivity contribution >= 4 is 6.41 Å². The molecule has 0 unspecified atom stereocenters. The van der Waals surface area contributed by atoms with E-state index in [1.54, 1.807) is 4.90 Å². The van der Waals surface area contributed by atoms with Crippen molar-refractivity contribution in [2.45, 2.75) is 25.1 Å². The zero-order valence-electron chi connectivity index (χ0n) is 10.2. The van der Waals surface area contributed by atoms with Gasteiger partial charge in [0.25, 0.3) is 0 Å². The van der Waals surface area contributed by atoms with Crippen LogP contribution in [0.4, 0.5) is 13.2 Å². The number of ether oxygens (including phenoxy) is 1. The maximum absolute atomic E-state index is 12.8. The van der Waals surface area contributed by atoms with E-state index in [9.17, 15) is 18.0 Å². The lowest BCUT2D eigenvalue weighted by atomic mass is 10.1. The molecular formula is C13H14F3NO2. The monoisotopic (exact) mass is 273 g/mol. The number of benzene rings is 1. The third-order valence-corrected chi connectivity index (χ3v) is 3.11. The van der Waals surface area contributed by atoms with Gasteiger partial charge in [0.1, 0.15) is 11.9 Å². The lowest BCUT2D eigenvalue weighted by molar-refractivity contribution is -0.139. The largest absolute Gasteiger partial charge is 0.490 e. The second-order valence-corrected chi connectivity index (χ2v) is 4.45. The number of alkyl halides is 3. The third-order valence-electron chi connectivity index (χ3n) is 3.11. The Labute approximate surface area is 109 Å². The number of carbonyl (C=O) groups is 1. The van der Waals surface area contributed by atoms with Gasteiger partial charge >= 0.3 is 6.18 Å². The van der Waals surface area contributed by atoms with Gasteiger partial charge in [-0.1, -0.05) is 12.1 Å². The summed E-state index contributed by atoms with van der Waals surface area (Å²) in [4.78, 5) is 12.1. The van der Waals surface area contributed by atoms with Gasteiger partial charge in [-0.2, -0.15) is 13.2 Å². The third kappa shape index (κ3) is 3.39. The molecule has 0 saturated carbocycles. The van der Waals surface area contributed by atoms with Crippen molar-refractivity contribution in [2.75, 3.05) is 13.1 Å². The van der Waals surface area contributed by atoms with Gasteiger partial charge in [-0.15, -0.1) is 0 Å². The molecule has 0 spiro atoms. The normalized spacial score (nSPS) is 17.3. The van der Waals surface area contributed by atoms with Crippen LogP contribution in [0.2, 0.25) is 0 Å². The fourth-order valence-electron chi connectivity index (χ4n) is 2.08. The van der Waals surface area contributed by atoms with Gasteiger partial charge in [-0.05, 0) is 12.1 Å². The van der Waals surface area contributed by atoms with E-state index >= 15 is 0 Å². The topological polar surface area (TPSA) is 29.5 Å². The maximum atomic E-state index is 12.8. The number of nitrogens with zero attached hydrogens (tertiary/aromatic N) is 1. The van der Waals surface area contributed by atoms with Gasteiger partial charge in [-0.3, -0.25) is 4.79 Å². The molecule has 19 heavy (non-hydrogen) atoms. The van der Waals surface area contributed by atoms with Crippen LogP contribution < -0.4 is 4.74 Å². The Balaban J connectivity index is 2.06. The van der Waals surface area contributed by atoms with Crippen LogP contribution in [0.1, 0.15) is 18.4 Å². The summed E-state index contributed by atoms with van der Waals surface area (Å²) in [6.07, 6.45) is -2.85. The number of halogens is 3. The lowest BCUT2D eigenvalue weighted by Crippen LogP contribution is -2.37. The molecule has 2 rings (SSSR count). The van der Waals surface area contributed by atoms with Crippen LogP contribution in [0.5, 0.6) is 5.75 Å². The molecule has 1 heterocycles. The van der Waals surface area contributed by atoms with Crippen LogP contribution in [0.3, 0.4) is 0 Å². The van der Waals surface area contributed by atoms with E-state index in [-0.39, 0.29) is 11.9 Å². The van der Waals surface area contributed by atoms with Crippen molar-refractivity contribution < 1.29 is 22.7 Å².